The number of allylic oxidation sites excluding steroid dienone is 3. The summed E-state index contributed by atoms with van der Waals surface area (Å²) in [6, 6.07) is 0. The van der Waals surface area contributed by atoms with Crippen LogP contribution in [-0.4, -0.2) is 50.2 Å². The molecule has 1 amide bonds. The fraction of sp³-hybridized carbons (Fsp3) is 0.583. The third-order valence-electron chi connectivity index (χ3n) is 2.38. The molecule has 1 aliphatic heterocycles. The van der Waals surface area contributed by atoms with Crippen LogP contribution in [0, 0.1) is 0 Å². The Labute approximate surface area is 97.0 Å². The first-order valence-electron chi connectivity index (χ1n) is 5.70. The van der Waals surface area contributed by atoms with Crippen molar-refractivity contribution in [2.45, 2.75) is 6.92 Å². The summed E-state index contributed by atoms with van der Waals surface area (Å²) < 4.78 is 5.24. The maximum Gasteiger partial charge on any atom is 0.244 e. The number of ether oxygens (including phenoxy) is 1. The summed E-state index contributed by atoms with van der Waals surface area (Å²) in [5.41, 5.74) is 0. The molecule has 0 bridgehead atoms. The van der Waals surface area contributed by atoms with Gasteiger partial charge in [0.15, 0.2) is 0 Å². The van der Waals surface area contributed by atoms with E-state index in [2.05, 4.69) is 10.2 Å². The molecule has 0 aromatic heterocycles. The van der Waals surface area contributed by atoms with E-state index >= 15 is 0 Å². The molecule has 1 fully saturated rings. The molecule has 0 unspecified atom stereocenters. The third kappa shape index (κ3) is 5.68. The number of carbonyl (C=O) groups is 1. The summed E-state index contributed by atoms with van der Waals surface area (Å²) >= 11 is 0. The van der Waals surface area contributed by atoms with Gasteiger partial charge in [-0.25, -0.2) is 0 Å². The van der Waals surface area contributed by atoms with E-state index in [0.29, 0.717) is 6.54 Å². The van der Waals surface area contributed by atoms with Crippen LogP contribution in [0.4, 0.5) is 0 Å². The van der Waals surface area contributed by atoms with Crippen LogP contribution >= 0.6 is 0 Å². The van der Waals surface area contributed by atoms with Crippen molar-refractivity contribution < 1.29 is 9.53 Å². The SMILES string of the molecule is C/C=C/C=C/C(=O)NCCN1CCOCC1. The molecule has 0 aromatic carbocycles. The standard InChI is InChI=1S/C12H20N2O2/c1-2-3-4-5-12(15)13-6-7-14-8-10-16-11-9-14/h2-5H,6-11H2,1H3,(H,13,15)/b3-2+,5-4+. The van der Waals surface area contributed by atoms with E-state index in [1.54, 1.807) is 12.2 Å². The smallest absolute Gasteiger partial charge is 0.244 e. The quantitative estimate of drug-likeness (QED) is 0.548. The van der Waals surface area contributed by atoms with Crippen molar-refractivity contribution in [3.05, 3.63) is 24.3 Å². The molecule has 4 nitrogen and oxygen atoms in total. The molecule has 1 saturated heterocycles. The molecule has 0 aromatic rings. The molecular formula is C12H20N2O2. The Balaban J connectivity index is 2.07. The lowest BCUT2D eigenvalue weighted by molar-refractivity contribution is -0.116. The molecule has 1 aliphatic rings. The highest BCUT2D eigenvalue weighted by molar-refractivity contribution is 5.87. The van der Waals surface area contributed by atoms with E-state index in [1.807, 2.05) is 19.1 Å². The summed E-state index contributed by atoms with van der Waals surface area (Å²) in [6.45, 7) is 7.03. The predicted octanol–water partition coefficient (Wildman–Crippen LogP) is 0.567. The molecule has 90 valence electrons. The van der Waals surface area contributed by atoms with E-state index in [1.165, 1.54) is 0 Å². The molecule has 4 heteroatoms. The van der Waals surface area contributed by atoms with E-state index in [4.69, 9.17) is 4.74 Å². The van der Waals surface area contributed by atoms with Gasteiger partial charge in [0.05, 0.1) is 13.2 Å². The molecule has 1 N–H and O–H groups in total. The average molecular weight is 224 g/mol. The van der Waals surface area contributed by atoms with Crippen molar-refractivity contribution in [2.24, 2.45) is 0 Å². The Kier molecular flexibility index (Phi) is 6.53. The van der Waals surface area contributed by atoms with Crippen LogP contribution in [0.5, 0.6) is 0 Å². The Morgan fingerprint density at radius 2 is 2.12 bits per heavy atom. The van der Waals surface area contributed by atoms with Gasteiger partial charge in [0, 0.05) is 32.3 Å². The Morgan fingerprint density at radius 1 is 1.38 bits per heavy atom. The van der Waals surface area contributed by atoms with E-state index in [-0.39, 0.29) is 5.91 Å². The normalized spacial score (nSPS) is 18.3. The van der Waals surface area contributed by atoms with Crippen LogP contribution in [0.25, 0.3) is 0 Å². The number of amides is 1. The molecule has 0 radical (unpaired) electrons. The molecule has 1 heterocycles. The average Bonchev–Trinajstić information content (AvgIpc) is 2.31. The fourth-order valence-electron chi connectivity index (χ4n) is 1.47. The minimum Gasteiger partial charge on any atom is -0.379 e. The van der Waals surface area contributed by atoms with E-state index < -0.39 is 0 Å². The molecule has 0 saturated carbocycles. The van der Waals surface area contributed by atoms with Crippen molar-refractivity contribution in [3.63, 3.8) is 0 Å². The lowest BCUT2D eigenvalue weighted by atomic mass is 10.4. The van der Waals surface area contributed by atoms with Crippen LogP contribution < -0.4 is 5.32 Å². The number of morpholine rings is 1. The van der Waals surface area contributed by atoms with Crippen LogP contribution in [0.2, 0.25) is 0 Å². The van der Waals surface area contributed by atoms with Gasteiger partial charge in [0.1, 0.15) is 0 Å². The first-order chi connectivity index (χ1) is 7.83. The molecule has 1 rings (SSSR count). The van der Waals surface area contributed by atoms with Gasteiger partial charge in [0.2, 0.25) is 5.91 Å². The number of nitrogens with zero attached hydrogens (tertiary/aromatic N) is 1. The van der Waals surface area contributed by atoms with Crippen molar-refractivity contribution in [1.82, 2.24) is 10.2 Å². The lowest BCUT2D eigenvalue weighted by Crippen LogP contribution is -2.41. The molecule has 0 atom stereocenters. The highest BCUT2D eigenvalue weighted by atomic mass is 16.5. The van der Waals surface area contributed by atoms with Gasteiger partial charge in [0.25, 0.3) is 0 Å². The largest absolute Gasteiger partial charge is 0.379 e. The zero-order chi connectivity index (χ0) is 11.6. The number of rotatable bonds is 5. The molecule has 0 spiro atoms. The fourth-order valence-corrected chi connectivity index (χ4v) is 1.47. The number of nitrogens with one attached hydrogen (secondary N) is 1. The number of hydrogen-bond donors (Lipinski definition) is 1. The zero-order valence-electron chi connectivity index (χ0n) is 9.82. The number of carbonyl (C=O) groups excluding carboxylic acids is 1. The first kappa shape index (κ1) is 12.9. The Bertz CT molecular complexity index is 256. The third-order valence-corrected chi connectivity index (χ3v) is 2.38. The Morgan fingerprint density at radius 3 is 2.81 bits per heavy atom. The molecular weight excluding hydrogens is 204 g/mol. The summed E-state index contributed by atoms with van der Waals surface area (Å²) in [5.74, 6) is -0.0358. The summed E-state index contributed by atoms with van der Waals surface area (Å²) in [7, 11) is 0. The van der Waals surface area contributed by atoms with Gasteiger partial charge in [-0.3, -0.25) is 9.69 Å². The van der Waals surface area contributed by atoms with E-state index in [9.17, 15) is 4.79 Å². The van der Waals surface area contributed by atoms with Gasteiger partial charge in [-0.1, -0.05) is 18.2 Å². The topological polar surface area (TPSA) is 41.6 Å². The minimum atomic E-state index is -0.0358. The Hall–Kier alpha value is -1.13. The first-order valence-corrected chi connectivity index (χ1v) is 5.70. The predicted molar refractivity (Wildman–Crippen MR) is 64.2 cm³/mol. The van der Waals surface area contributed by atoms with Crippen molar-refractivity contribution in [3.8, 4) is 0 Å². The van der Waals surface area contributed by atoms with Crippen molar-refractivity contribution >= 4 is 5.91 Å². The summed E-state index contributed by atoms with van der Waals surface area (Å²) in [6.07, 6.45) is 7.00. The molecule has 0 aliphatic carbocycles. The lowest BCUT2D eigenvalue weighted by Gasteiger charge is -2.26. The van der Waals surface area contributed by atoms with Crippen molar-refractivity contribution in [1.29, 1.82) is 0 Å². The number of hydrogen-bond acceptors (Lipinski definition) is 3. The van der Waals surface area contributed by atoms with Gasteiger partial charge in [-0.15, -0.1) is 0 Å². The van der Waals surface area contributed by atoms with Crippen LogP contribution in [-0.2, 0) is 9.53 Å². The summed E-state index contributed by atoms with van der Waals surface area (Å²) in [4.78, 5) is 13.6. The highest BCUT2D eigenvalue weighted by Crippen LogP contribution is 1.94. The second-order valence-electron chi connectivity index (χ2n) is 3.63. The van der Waals surface area contributed by atoms with Gasteiger partial charge in [-0.2, -0.15) is 0 Å². The van der Waals surface area contributed by atoms with Crippen LogP contribution in [0.1, 0.15) is 6.92 Å². The van der Waals surface area contributed by atoms with Gasteiger partial charge >= 0.3 is 0 Å². The van der Waals surface area contributed by atoms with Gasteiger partial charge in [-0.05, 0) is 6.92 Å². The van der Waals surface area contributed by atoms with Crippen LogP contribution in [0.15, 0.2) is 24.3 Å². The van der Waals surface area contributed by atoms with E-state index in [0.717, 1.165) is 32.8 Å². The van der Waals surface area contributed by atoms with Crippen LogP contribution in [0.3, 0.4) is 0 Å². The molecule has 16 heavy (non-hydrogen) atoms. The summed E-state index contributed by atoms with van der Waals surface area (Å²) in [5, 5.41) is 2.85. The highest BCUT2D eigenvalue weighted by Gasteiger charge is 2.09. The zero-order valence-corrected chi connectivity index (χ0v) is 9.82. The minimum absolute atomic E-state index is 0.0358. The monoisotopic (exact) mass is 224 g/mol. The second-order valence-corrected chi connectivity index (χ2v) is 3.63. The maximum atomic E-state index is 11.3. The van der Waals surface area contributed by atoms with Gasteiger partial charge < -0.3 is 10.1 Å². The maximum absolute atomic E-state index is 11.3. The second kappa shape index (κ2) is 8.07. The van der Waals surface area contributed by atoms with Crippen molar-refractivity contribution in [2.75, 3.05) is 39.4 Å².